The number of hydrogen-bond acceptors (Lipinski definition) is 7. The van der Waals surface area contributed by atoms with Gasteiger partial charge < -0.3 is 8.37 Å². The Hall–Kier alpha value is -0.630. The van der Waals surface area contributed by atoms with E-state index in [9.17, 15) is 0 Å². The van der Waals surface area contributed by atoms with Crippen molar-refractivity contribution in [3.8, 4) is 11.5 Å². The van der Waals surface area contributed by atoms with Crippen LogP contribution in [0.3, 0.4) is 0 Å². The van der Waals surface area contributed by atoms with Crippen LogP contribution in [0.2, 0.25) is 0 Å². The van der Waals surface area contributed by atoms with Crippen molar-refractivity contribution < 1.29 is 8.37 Å². The highest BCUT2D eigenvalue weighted by Gasteiger charge is 2.11. The maximum absolute atomic E-state index is 5.22. The number of aromatic nitrogens is 1. The molecule has 5 nitrogen and oxygen atoms in total. The van der Waals surface area contributed by atoms with E-state index in [4.69, 9.17) is 18.6 Å². The molecule has 0 radical (unpaired) electrons. The third kappa shape index (κ3) is 2.68. The molecule has 1 aromatic heterocycles. The van der Waals surface area contributed by atoms with E-state index < -0.39 is 0 Å². The number of hydrogen-bond donors (Lipinski definition) is 2. The monoisotopic (exact) mass is 233 g/mol. The maximum Gasteiger partial charge on any atom is 0.204 e. The molecule has 0 aliphatic rings. The molecule has 0 aliphatic carbocycles. The van der Waals surface area contributed by atoms with Gasteiger partial charge in [0, 0.05) is 12.3 Å². The molecule has 0 aromatic carbocycles. The Morgan fingerprint density at radius 3 is 2.64 bits per heavy atom. The smallest absolute Gasteiger partial charge is 0.204 e. The van der Waals surface area contributed by atoms with E-state index in [0.717, 1.165) is 36.6 Å². The first-order chi connectivity index (χ1) is 6.83. The summed E-state index contributed by atoms with van der Waals surface area (Å²) < 4.78 is 10.2. The van der Waals surface area contributed by atoms with Gasteiger partial charge in [-0.1, -0.05) is 6.92 Å². The first-order valence-electron chi connectivity index (χ1n) is 3.88. The third-order valence-electron chi connectivity index (χ3n) is 1.55. The first-order valence-corrected chi connectivity index (χ1v) is 5.49. The Bertz CT molecular complexity index is 298. The molecule has 0 fully saturated rings. The molecule has 7 heteroatoms. The summed E-state index contributed by atoms with van der Waals surface area (Å²) in [6.07, 6.45) is 2.38. The minimum absolute atomic E-state index is 0.528. The number of nitrogens with zero attached hydrogens (tertiary/aromatic N) is 1. The zero-order chi connectivity index (χ0) is 10.4. The van der Waals surface area contributed by atoms with E-state index in [1.165, 1.54) is 0 Å². The molecule has 1 heterocycles. The molecule has 0 bridgehead atoms. The molecule has 0 spiro atoms. The average Bonchev–Trinajstić information content (AvgIpc) is 2.21. The van der Waals surface area contributed by atoms with Crippen LogP contribution in [-0.2, 0) is 6.42 Å². The van der Waals surface area contributed by atoms with Crippen molar-refractivity contribution >= 4 is 24.5 Å². The quantitative estimate of drug-likeness (QED) is 0.588. The summed E-state index contributed by atoms with van der Waals surface area (Å²) in [6, 6.07) is 1.67. The fourth-order valence-electron chi connectivity index (χ4n) is 0.978. The second-order valence-electron chi connectivity index (χ2n) is 2.30. The SMILES string of the molecule is CCc1nccc(OSN)c1OSN. The highest BCUT2D eigenvalue weighted by molar-refractivity contribution is 7.93. The van der Waals surface area contributed by atoms with Gasteiger partial charge in [-0.15, -0.1) is 0 Å². The minimum Gasteiger partial charge on any atom is -0.406 e. The Labute approximate surface area is 91.2 Å². The van der Waals surface area contributed by atoms with Crippen LogP contribution in [0.1, 0.15) is 12.6 Å². The highest BCUT2D eigenvalue weighted by atomic mass is 32.2. The van der Waals surface area contributed by atoms with Crippen LogP contribution < -0.4 is 18.6 Å². The zero-order valence-electron chi connectivity index (χ0n) is 7.60. The Morgan fingerprint density at radius 2 is 2.07 bits per heavy atom. The molecule has 78 valence electrons. The fraction of sp³-hybridized carbons (Fsp3) is 0.286. The second-order valence-corrected chi connectivity index (χ2v) is 3.02. The zero-order valence-corrected chi connectivity index (χ0v) is 9.23. The van der Waals surface area contributed by atoms with Gasteiger partial charge in [0.1, 0.15) is 24.5 Å². The van der Waals surface area contributed by atoms with Crippen LogP contribution in [0.5, 0.6) is 11.5 Å². The molecule has 0 unspecified atom stereocenters. The van der Waals surface area contributed by atoms with Crippen molar-refractivity contribution in [3.63, 3.8) is 0 Å². The van der Waals surface area contributed by atoms with Crippen LogP contribution in [0, 0.1) is 0 Å². The normalized spacial score (nSPS) is 9.93. The lowest BCUT2D eigenvalue weighted by atomic mass is 10.2. The topological polar surface area (TPSA) is 83.4 Å². The molecular weight excluding hydrogens is 222 g/mol. The number of rotatable bonds is 5. The summed E-state index contributed by atoms with van der Waals surface area (Å²) in [4.78, 5) is 4.13. The van der Waals surface area contributed by atoms with Crippen molar-refractivity contribution in [3.05, 3.63) is 18.0 Å². The van der Waals surface area contributed by atoms with Gasteiger partial charge >= 0.3 is 0 Å². The lowest BCUT2D eigenvalue weighted by molar-refractivity contribution is 0.558. The average molecular weight is 233 g/mol. The van der Waals surface area contributed by atoms with Gasteiger partial charge in [-0.05, 0) is 6.42 Å². The van der Waals surface area contributed by atoms with E-state index >= 15 is 0 Å². The molecule has 0 saturated carbocycles. The number of aryl methyl sites for hydroxylation is 1. The molecule has 0 saturated heterocycles. The van der Waals surface area contributed by atoms with E-state index in [1.54, 1.807) is 12.3 Å². The molecule has 4 N–H and O–H groups in total. The van der Waals surface area contributed by atoms with Crippen LogP contribution in [0.15, 0.2) is 12.3 Å². The van der Waals surface area contributed by atoms with Crippen molar-refractivity contribution in [2.75, 3.05) is 0 Å². The molecule has 14 heavy (non-hydrogen) atoms. The van der Waals surface area contributed by atoms with Crippen molar-refractivity contribution in [2.45, 2.75) is 13.3 Å². The predicted octanol–water partition coefficient (Wildman–Crippen LogP) is 1.45. The fourth-order valence-corrected chi connectivity index (χ4v) is 1.49. The Morgan fingerprint density at radius 1 is 1.36 bits per heavy atom. The third-order valence-corrected chi connectivity index (χ3v) is 2.09. The summed E-state index contributed by atoms with van der Waals surface area (Å²) in [5, 5.41) is 10.4. The van der Waals surface area contributed by atoms with Gasteiger partial charge in [0.05, 0.1) is 5.69 Å². The van der Waals surface area contributed by atoms with E-state index in [2.05, 4.69) is 4.98 Å². The molecule has 0 amide bonds. The van der Waals surface area contributed by atoms with Crippen molar-refractivity contribution in [1.82, 2.24) is 4.98 Å². The maximum atomic E-state index is 5.22. The van der Waals surface area contributed by atoms with E-state index in [-0.39, 0.29) is 0 Å². The predicted molar refractivity (Wildman–Crippen MR) is 58.4 cm³/mol. The summed E-state index contributed by atoms with van der Waals surface area (Å²) in [7, 11) is 0. The van der Waals surface area contributed by atoms with E-state index in [0.29, 0.717) is 11.5 Å². The van der Waals surface area contributed by atoms with Gasteiger partial charge in [-0.3, -0.25) is 4.98 Å². The van der Waals surface area contributed by atoms with Gasteiger partial charge in [0.15, 0.2) is 5.75 Å². The van der Waals surface area contributed by atoms with Gasteiger partial charge in [0.25, 0.3) is 0 Å². The summed E-state index contributed by atoms with van der Waals surface area (Å²) in [6.45, 7) is 1.97. The molecule has 1 rings (SSSR count). The molecular formula is C7H11N3O2S2. The van der Waals surface area contributed by atoms with Crippen LogP contribution in [-0.4, -0.2) is 4.98 Å². The standard InChI is InChI=1S/C7H11N3O2S2/c1-2-5-7(12-14-9)6(11-13-8)3-4-10-5/h3-4H,2,8-9H2,1H3. The minimum atomic E-state index is 0.528. The molecule has 1 aromatic rings. The largest absolute Gasteiger partial charge is 0.406 e. The van der Waals surface area contributed by atoms with Crippen LogP contribution in [0.4, 0.5) is 0 Å². The Kier molecular flexibility index (Phi) is 4.88. The van der Waals surface area contributed by atoms with Gasteiger partial charge in [0.2, 0.25) is 5.75 Å². The van der Waals surface area contributed by atoms with Crippen molar-refractivity contribution in [2.24, 2.45) is 10.3 Å². The summed E-state index contributed by atoms with van der Waals surface area (Å²) in [5.74, 6) is 1.06. The summed E-state index contributed by atoms with van der Waals surface area (Å²) in [5.41, 5.74) is 0.787. The number of pyridine rings is 1. The van der Waals surface area contributed by atoms with Gasteiger partial charge in [-0.2, -0.15) is 0 Å². The van der Waals surface area contributed by atoms with Crippen LogP contribution in [0.25, 0.3) is 0 Å². The lowest BCUT2D eigenvalue weighted by Gasteiger charge is -2.09. The molecule has 0 atom stereocenters. The van der Waals surface area contributed by atoms with E-state index in [1.807, 2.05) is 6.92 Å². The highest BCUT2D eigenvalue weighted by Crippen LogP contribution is 2.33. The molecule has 0 aliphatic heterocycles. The second kappa shape index (κ2) is 5.97. The van der Waals surface area contributed by atoms with Crippen molar-refractivity contribution in [1.29, 1.82) is 0 Å². The number of nitrogens with two attached hydrogens (primary N) is 2. The first kappa shape index (κ1) is 11.4. The van der Waals surface area contributed by atoms with Gasteiger partial charge in [-0.25, -0.2) is 10.3 Å². The Balaban J connectivity index is 3.00. The van der Waals surface area contributed by atoms with Crippen LogP contribution >= 0.6 is 24.5 Å². The summed E-state index contributed by atoms with van der Waals surface area (Å²) >= 11 is 1.51. The lowest BCUT2D eigenvalue weighted by Crippen LogP contribution is -1.98.